The van der Waals surface area contributed by atoms with Gasteiger partial charge < -0.3 is 5.11 Å². The van der Waals surface area contributed by atoms with Gasteiger partial charge in [-0.25, -0.2) is 0 Å². The van der Waals surface area contributed by atoms with Crippen molar-refractivity contribution in [3.8, 4) is 0 Å². The average molecular weight is 124 g/mol. The van der Waals surface area contributed by atoms with Crippen LogP contribution in [0.1, 0.15) is 13.8 Å². The van der Waals surface area contributed by atoms with E-state index in [1.165, 1.54) is 0 Å². The fourth-order valence-corrected chi connectivity index (χ4v) is 0.361. The fraction of sp³-hybridized carbons (Fsp3) is 0.250. The molecular formula is C8H12O. The highest BCUT2D eigenvalue weighted by Crippen LogP contribution is 1.89. The van der Waals surface area contributed by atoms with Crippen LogP contribution in [0.2, 0.25) is 0 Å². The summed E-state index contributed by atoms with van der Waals surface area (Å²) in [6, 6.07) is 0. The predicted molar refractivity (Wildman–Crippen MR) is 40.3 cm³/mol. The molecule has 1 heteroatoms. The molecule has 0 aliphatic carbocycles. The van der Waals surface area contributed by atoms with Crippen LogP contribution < -0.4 is 0 Å². The molecule has 9 heavy (non-hydrogen) atoms. The highest BCUT2D eigenvalue weighted by molar-refractivity contribution is 5.14. The average Bonchev–Trinajstić information content (AvgIpc) is 1.89. The molecule has 1 N–H and O–H groups in total. The molecule has 1 nitrogen and oxygen atoms in total. The third kappa shape index (κ3) is 4.88. The van der Waals surface area contributed by atoms with Crippen LogP contribution in [0.15, 0.2) is 36.1 Å². The van der Waals surface area contributed by atoms with Gasteiger partial charge >= 0.3 is 0 Å². The molecule has 0 saturated carbocycles. The molecule has 0 aromatic rings. The van der Waals surface area contributed by atoms with Crippen molar-refractivity contribution in [1.29, 1.82) is 0 Å². The zero-order valence-corrected chi connectivity index (χ0v) is 5.83. The van der Waals surface area contributed by atoms with Crippen molar-refractivity contribution >= 4 is 0 Å². The summed E-state index contributed by atoms with van der Waals surface area (Å²) in [7, 11) is 0. The van der Waals surface area contributed by atoms with Crippen LogP contribution in [0.25, 0.3) is 0 Å². The van der Waals surface area contributed by atoms with E-state index in [9.17, 15) is 0 Å². The molecule has 0 aromatic heterocycles. The summed E-state index contributed by atoms with van der Waals surface area (Å²) < 4.78 is 0. The Morgan fingerprint density at radius 1 is 1.22 bits per heavy atom. The molecule has 0 aromatic carbocycles. The molecule has 0 aliphatic rings. The van der Waals surface area contributed by atoms with Crippen LogP contribution in [0, 0.1) is 0 Å². The summed E-state index contributed by atoms with van der Waals surface area (Å²) in [4.78, 5) is 0. The van der Waals surface area contributed by atoms with Gasteiger partial charge in [-0.2, -0.15) is 0 Å². The van der Waals surface area contributed by atoms with Gasteiger partial charge in [-0.05, 0) is 26.0 Å². The van der Waals surface area contributed by atoms with E-state index in [4.69, 9.17) is 5.11 Å². The maximum atomic E-state index is 8.82. The van der Waals surface area contributed by atoms with Gasteiger partial charge in [-0.3, -0.25) is 0 Å². The second-order valence-electron chi connectivity index (χ2n) is 1.60. The van der Waals surface area contributed by atoms with E-state index in [1.807, 2.05) is 19.1 Å². The van der Waals surface area contributed by atoms with E-state index in [0.717, 1.165) is 0 Å². The molecule has 50 valence electrons. The van der Waals surface area contributed by atoms with Crippen molar-refractivity contribution in [2.45, 2.75) is 13.8 Å². The lowest BCUT2D eigenvalue weighted by atomic mass is 10.4. The first-order chi connectivity index (χ1) is 4.31. The number of hydrogen-bond donors (Lipinski definition) is 1. The number of allylic oxidation sites excluding steroid dienone is 5. The minimum Gasteiger partial charge on any atom is -0.508 e. The van der Waals surface area contributed by atoms with Gasteiger partial charge in [0.15, 0.2) is 0 Å². The Labute approximate surface area is 56.0 Å². The van der Waals surface area contributed by atoms with E-state index in [0.29, 0.717) is 5.76 Å². The molecule has 0 amide bonds. The third-order valence-corrected chi connectivity index (χ3v) is 0.866. The summed E-state index contributed by atoms with van der Waals surface area (Å²) in [6.07, 6.45) is 8.83. The van der Waals surface area contributed by atoms with Crippen LogP contribution in [0.4, 0.5) is 0 Å². The van der Waals surface area contributed by atoms with Crippen LogP contribution in [0.3, 0.4) is 0 Å². The lowest BCUT2D eigenvalue weighted by Crippen LogP contribution is -1.67. The Morgan fingerprint density at radius 3 is 2.33 bits per heavy atom. The van der Waals surface area contributed by atoms with Gasteiger partial charge in [-0.1, -0.05) is 18.2 Å². The highest BCUT2D eigenvalue weighted by Gasteiger charge is 1.74. The van der Waals surface area contributed by atoms with Gasteiger partial charge in [0.05, 0.1) is 0 Å². The Morgan fingerprint density at radius 2 is 1.89 bits per heavy atom. The van der Waals surface area contributed by atoms with Crippen LogP contribution in [-0.2, 0) is 0 Å². The molecule has 0 spiro atoms. The van der Waals surface area contributed by atoms with E-state index in [-0.39, 0.29) is 0 Å². The first-order valence-corrected chi connectivity index (χ1v) is 2.96. The van der Waals surface area contributed by atoms with Crippen molar-refractivity contribution in [2.75, 3.05) is 0 Å². The molecule has 0 atom stereocenters. The van der Waals surface area contributed by atoms with Crippen LogP contribution in [0.5, 0.6) is 0 Å². The molecule has 0 heterocycles. The second-order valence-corrected chi connectivity index (χ2v) is 1.60. The molecule has 0 fully saturated rings. The normalized spacial score (nSPS) is 13.8. The van der Waals surface area contributed by atoms with Crippen molar-refractivity contribution in [1.82, 2.24) is 0 Å². The SMILES string of the molecule is C\C=C/C=C\C(O)=C/C. The Kier molecular flexibility index (Phi) is 4.60. The molecular weight excluding hydrogens is 112 g/mol. The monoisotopic (exact) mass is 124 g/mol. The topological polar surface area (TPSA) is 20.2 Å². The first kappa shape index (κ1) is 8.02. The van der Waals surface area contributed by atoms with E-state index >= 15 is 0 Å². The summed E-state index contributed by atoms with van der Waals surface area (Å²) in [5.41, 5.74) is 0. The number of aliphatic hydroxyl groups is 1. The predicted octanol–water partition coefficient (Wildman–Crippen LogP) is 2.58. The zero-order chi connectivity index (χ0) is 7.11. The molecule has 0 rings (SSSR count). The van der Waals surface area contributed by atoms with Crippen molar-refractivity contribution in [3.63, 3.8) is 0 Å². The fourth-order valence-electron chi connectivity index (χ4n) is 0.361. The van der Waals surface area contributed by atoms with Gasteiger partial charge in [0.25, 0.3) is 0 Å². The molecule has 0 unspecified atom stereocenters. The minimum atomic E-state index is 0.299. The number of aliphatic hydroxyl groups excluding tert-OH is 1. The Hall–Kier alpha value is -0.980. The van der Waals surface area contributed by atoms with E-state index in [1.54, 1.807) is 25.2 Å². The largest absolute Gasteiger partial charge is 0.508 e. The maximum Gasteiger partial charge on any atom is 0.111 e. The van der Waals surface area contributed by atoms with Crippen LogP contribution in [-0.4, -0.2) is 5.11 Å². The summed E-state index contributed by atoms with van der Waals surface area (Å²) in [5, 5.41) is 8.82. The Balaban J connectivity index is 3.71. The summed E-state index contributed by atoms with van der Waals surface area (Å²) in [6.45, 7) is 3.71. The van der Waals surface area contributed by atoms with E-state index in [2.05, 4.69) is 0 Å². The molecule has 0 radical (unpaired) electrons. The third-order valence-electron chi connectivity index (χ3n) is 0.866. The van der Waals surface area contributed by atoms with Gasteiger partial charge in [-0.15, -0.1) is 0 Å². The standard InChI is InChI=1S/C8H12O/c1-3-5-6-7-8(9)4-2/h3-7,9H,1-2H3/b5-3-,7-6-,8-4+. The van der Waals surface area contributed by atoms with Gasteiger partial charge in [0, 0.05) is 0 Å². The lowest BCUT2D eigenvalue weighted by Gasteiger charge is -1.82. The quantitative estimate of drug-likeness (QED) is 0.443. The molecule has 0 bridgehead atoms. The zero-order valence-electron chi connectivity index (χ0n) is 5.83. The minimum absolute atomic E-state index is 0.299. The summed E-state index contributed by atoms with van der Waals surface area (Å²) in [5.74, 6) is 0.299. The first-order valence-electron chi connectivity index (χ1n) is 2.96. The number of hydrogen-bond acceptors (Lipinski definition) is 1. The van der Waals surface area contributed by atoms with Crippen molar-refractivity contribution in [3.05, 3.63) is 36.1 Å². The molecule has 0 aliphatic heterocycles. The Bertz CT molecular complexity index is 141. The number of rotatable bonds is 2. The second kappa shape index (κ2) is 5.16. The van der Waals surface area contributed by atoms with Gasteiger partial charge in [0.2, 0.25) is 0 Å². The van der Waals surface area contributed by atoms with Crippen LogP contribution >= 0.6 is 0 Å². The molecule has 0 saturated heterocycles. The highest BCUT2D eigenvalue weighted by atomic mass is 16.3. The van der Waals surface area contributed by atoms with Crippen molar-refractivity contribution < 1.29 is 5.11 Å². The van der Waals surface area contributed by atoms with Crippen molar-refractivity contribution in [2.24, 2.45) is 0 Å². The lowest BCUT2D eigenvalue weighted by molar-refractivity contribution is 0.431. The summed E-state index contributed by atoms with van der Waals surface area (Å²) >= 11 is 0. The maximum absolute atomic E-state index is 8.82. The van der Waals surface area contributed by atoms with E-state index < -0.39 is 0 Å². The van der Waals surface area contributed by atoms with Gasteiger partial charge in [0.1, 0.15) is 5.76 Å². The smallest absolute Gasteiger partial charge is 0.111 e.